The van der Waals surface area contributed by atoms with Crippen LogP contribution in [0, 0.1) is 5.82 Å². The highest BCUT2D eigenvalue weighted by atomic mass is 19.1. The minimum absolute atomic E-state index is 0.169. The number of hydrogen-bond donors (Lipinski definition) is 4. The van der Waals surface area contributed by atoms with Gasteiger partial charge in [-0.1, -0.05) is 12.1 Å². The number of nitrogens with one attached hydrogen (secondary N) is 3. The molecule has 1 aliphatic rings. The number of carbonyl (C=O) groups excluding carboxylic acids is 1. The second-order valence-corrected chi connectivity index (χ2v) is 7.95. The fourth-order valence-corrected chi connectivity index (χ4v) is 3.84. The lowest BCUT2D eigenvalue weighted by Crippen LogP contribution is -2.33. The Morgan fingerprint density at radius 3 is 2.79 bits per heavy atom. The largest absolute Gasteiger partial charge is 0.473 e. The van der Waals surface area contributed by atoms with Crippen molar-refractivity contribution in [1.82, 2.24) is 24.9 Å². The molecule has 2 bridgehead atoms. The van der Waals surface area contributed by atoms with Gasteiger partial charge in [-0.15, -0.1) is 0 Å². The molecule has 5 rings (SSSR count). The maximum Gasteiger partial charge on any atom is 0.256 e. The smallest absolute Gasteiger partial charge is 0.256 e. The van der Waals surface area contributed by atoms with E-state index in [0.717, 1.165) is 17.4 Å². The maximum atomic E-state index is 14.0. The SMILES string of the molecule is CNc1ccc(-c2c3nc4c(cnn4c2N)C(=O)NCC(C)Oc2ncc(F)cc2CN3)cc1. The predicted molar refractivity (Wildman–Crippen MR) is 126 cm³/mol. The number of benzene rings is 1. The summed E-state index contributed by atoms with van der Waals surface area (Å²) in [5.41, 5.74) is 9.95. The van der Waals surface area contributed by atoms with Crippen molar-refractivity contribution < 1.29 is 13.9 Å². The van der Waals surface area contributed by atoms with Gasteiger partial charge in [0.25, 0.3) is 5.91 Å². The number of carbonyl (C=O) groups is 1. The molecule has 3 aromatic heterocycles. The Kier molecular flexibility index (Phi) is 5.36. The minimum Gasteiger partial charge on any atom is -0.473 e. The van der Waals surface area contributed by atoms with E-state index >= 15 is 0 Å². The first-order valence-electron chi connectivity index (χ1n) is 10.7. The van der Waals surface area contributed by atoms with Gasteiger partial charge in [-0.25, -0.2) is 14.4 Å². The first kappa shape index (κ1) is 21.4. The molecular weight excluding hydrogens is 439 g/mol. The maximum absolute atomic E-state index is 14.0. The van der Waals surface area contributed by atoms with Crippen molar-refractivity contribution in [3.63, 3.8) is 0 Å². The monoisotopic (exact) mass is 462 g/mol. The molecule has 0 aliphatic carbocycles. The van der Waals surface area contributed by atoms with Gasteiger partial charge < -0.3 is 26.4 Å². The molecule has 5 N–H and O–H groups in total. The van der Waals surface area contributed by atoms with E-state index in [1.54, 1.807) is 6.92 Å². The van der Waals surface area contributed by atoms with Crippen molar-refractivity contribution in [3.8, 4) is 17.0 Å². The van der Waals surface area contributed by atoms with E-state index in [0.29, 0.717) is 28.4 Å². The molecule has 0 fully saturated rings. The van der Waals surface area contributed by atoms with Crippen molar-refractivity contribution >= 4 is 28.9 Å². The van der Waals surface area contributed by atoms with E-state index in [4.69, 9.17) is 15.5 Å². The Labute approximate surface area is 194 Å². The Morgan fingerprint density at radius 1 is 1.24 bits per heavy atom. The van der Waals surface area contributed by atoms with Crippen LogP contribution in [0.4, 0.5) is 21.7 Å². The van der Waals surface area contributed by atoms with Crippen LogP contribution >= 0.6 is 0 Å². The first-order valence-corrected chi connectivity index (χ1v) is 10.7. The van der Waals surface area contributed by atoms with E-state index in [-0.39, 0.29) is 30.4 Å². The van der Waals surface area contributed by atoms with E-state index in [1.165, 1.54) is 16.8 Å². The summed E-state index contributed by atoms with van der Waals surface area (Å²) in [5, 5.41) is 13.4. The summed E-state index contributed by atoms with van der Waals surface area (Å²) in [6.07, 6.45) is 2.12. The molecule has 1 aromatic carbocycles. The summed E-state index contributed by atoms with van der Waals surface area (Å²) in [5.74, 6) is 0.145. The van der Waals surface area contributed by atoms with E-state index < -0.39 is 11.9 Å². The van der Waals surface area contributed by atoms with Crippen molar-refractivity contribution in [3.05, 3.63) is 59.7 Å². The Morgan fingerprint density at radius 2 is 2.03 bits per heavy atom. The molecule has 1 aliphatic heterocycles. The molecule has 0 radical (unpaired) electrons. The molecule has 34 heavy (non-hydrogen) atoms. The third-order valence-corrected chi connectivity index (χ3v) is 5.59. The molecular formula is C23H23FN8O2. The lowest BCUT2D eigenvalue weighted by Gasteiger charge is -2.18. The average molecular weight is 462 g/mol. The molecule has 4 aromatic rings. The number of fused-ring (bicyclic) bond motifs is 2. The van der Waals surface area contributed by atoms with Crippen LogP contribution in [0.1, 0.15) is 22.8 Å². The average Bonchev–Trinajstić information content (AvgIpc) is 3.27. The highest BCUT2D eigenvalue weighted by molar-refractivity contribution is 6.01. The van der Waals surface area contributed by atoms with Gasteiger partial charge in [-0.3, -0.25) is 4.79 Å². The summed E-state index contributed by atoms with van der Waals surface area (Å²) in [7, 11) is 1.83. The van der Waals surface area contributed by atoms with Gasteiger partial charge in [0.15, 0.2) is 5.65 Å². The summed E-state index contributed by atoms with van der Waals surface area (Å²) >= 11 is 0. The number of hydrogen-bond acceptors (Lipinski definition) is 8. The second kappa shape index (κ2) is 8.50. The molecule has 1 atom stereocenters. The number of aromatic nitrogens is 4. The zero-order chi connectivity index (χ0) is 23.8. The van der Waals surface area contributed by atoms with Gasteiger partial charge in [-0.2, -0.15) is 9.61 Å². The van der Waals surface area contributed by atoms with Crippen LogP contribution in [-0.4, -0.2) is 45.2 Å². The predicted octanol–water partition coefficient (Wildman–Crippen LogP) is 2.68. The van der Waals surface area contributed by atoms with Crippen molar-refractivity contribution in [2.45, 2.75) is 19.6 Å². The third kappa shape index (κ3) is 3.81. The Hall–Kier alpha value is -4.41. The van der Waals surface area contributed by atoms with Gasteiger partial charge in [0, 0.05) is 24.8 Å². The Bertz CT molecular complexity index is 1390. The van der Waals surface area contributed by atoms with Crippen molar-refractivity contribution in [2.75, 3.05) is 30.0 Å². The van der Waals surface area contributed by atoms with Gasteiger partial charge in [0.2, 0.25) is 5.88 Å². The Balaban J connectivity index is 1.69. The summed E-state index contributed by atoms with van der Waals surface area (Å²) in [6.45, 7) is 2.17. The molecule has 1 unspecified atom stereocenters. The van der Waals surface area contributed by atoms with Gasteiger partial charge in [0.1, 0.15) is 29.1 Å². The zero-order valence-corrected chi connectivity index (χ0v) is 18.6. The highest BCUT2D eigenvalue weighted by Gasteiger charge is 2.23. The van der Waals surface area contributed by atoms with E-state index in [9.17, 15) is 9.18 Å². The van der Waals surface area contributed by atoms with E-state index in [2.05, 4.69) is 26.0 Å². The number of anilines is 3. The van der Waals surface area contributed by atoms with Crippen LogP contribution in [0.15, 0.2) is 42.7 Å². The lowest BCUT2D eigenvalue weighted by molar-refractivity contribution is 0.0932. The molecule has 0 saturated carbocycles. The number of nitrogens with zero attached hydrogens (tertiary/aromatic N) is 4. The van der Waals surface area contributed by atoms with Gasteiger partial charge in [0.05, 0.1) is 24.5 Å². The fourth-order valence-electron chi connectivity index (χ4n) is 3.84. The number of ether oxygens (including phenoxy) is 1. The van der Waals surface area contributed by atoms with Gasteiger partial charge in [-0.05, 0) is 30.7 Å². The fraction of sp³-hybridized carbons (Fsp3) is 0.217. The molecule has 174 valence electrons. The molecule has 1 amide bonds. The molecule has 0 spiro atoms. The van der Waals surface area contributed by atoms with Crippen LogP contribution in [0.25, 0.3) is 16.8 Å². The van der Waals surface area contributed by atoms with Crippen molar-refractivity contribution in [1.29, 1.82) is 0 Å². The number of rotatable bonds is 2. The van der Waals surface area contributed by atoms with Crippen LogP contribution in [0.2, 0.25) is 0 Å². The van der Waals surface area contributed by atoms with Crippen LogP contribution in [-0.2, 0) is 6.54 Å². The summed E-state index contributed by atoms with van der Waals surface area (Å²) < 4.78 is 21.3. The molecule has 11 heteroatoms. The number of pyridine rings is 1. The molecule has 4 heterocycles. The standard InChI is InChI=1S/C23H23FN8O2/c1-12-8-28-22(33)17-11-30-32-19(25)18(13-3-5-16(26-2)6-4-13)20(31-21(17)32)27-9-14-7-15(24)10-29-23(14)34-12/h3-7,10-12,26H,8-9,25H2,1-2H3,(H,27,31)(H,28,33). The van der Waals surface area contributed by atoms with Gasteiger partial charge >= 0.3 is 0 Å². The zero-order valence-electron chi connectivity index (χ0n) is 18.6. The first-order chi connectivity index (χ1) is 16.4. The number of halogens is 1. The van der Waals surface area contributed by atoms with Crippen molar-refractivity contribution in [2.24, 2.45) is 0 Å². The van der Waals surface area contributed by atoms with E-state index in [1.807, 2.05) is 31.3 Å². The normalized spacial score (nSPS) is 15.9. The summed E-state index contributed by atoms with van der Waals surface area (Å²) in [6, 6.07) is 8.99. The van der Waals surface area contributed by atoms with Crippen LogP contribution < -0.4 is 26.4 Å². The quantitative estimate of drug-likeness (QED) is 0.358. The number of nitrogen functional groups attached to an aromatic ring is 1. The lowest BCUT2D eigenvalue weighted by atomic mass is 10.1. The minimum atomic E-state index is -0.488. The molecule has 0 saturated heterocycles. The third-order valence-electron chi connectivity index (χ3n) is 5.59. The summed E-state index contributed by atoms with van der Waals surface area (Å²) in [4.78, 5) is 21.7. The highest BCUT2D eigenvalue weighted by Crippen LogP contribution is 2.35. The number of nitrogens with two attached hydrogens (primary N) is 1. The van der Waals surface area contributed by atoms with Crippen LogP contribution in [0.5, 0.6) is 5.88 Å². The molecule has 10 nitrogen and oxygen atoms in total. The topological polar surface area (TPSA) is 131 Å². The second-order valence-electron chi connectivity index (χ2n) is 7.95. The van der Waals surface area contributed by atoms with Crippen LogP contribution in [0.3, 0.4) is 0 Å². The number of amides is 1.